The number of hydrazine groups is 1. The molecule has 1 atom stereocenters. The third-order valence-electron chi connectivity index (χ3n) is 1.76. The van der Waals surface area contributed by atoms with Crippen molar-refractivity contribution in [3.63, 3.8) is 0 Å². The Labute approximate surface area is 83.7 Å². The summed E-state index contributed by atoms with van der Waals surface area (Å²) in [7, 11) is 0. The maximum atomic E-state index is 5.45. The van der Waals surface area contributed by atoms with E-state index >= 15 is 0 Å². The lowest BCUT2D eigenvalue weighted by atomic mass is 10.2. The van der Waals surface area contributed by atoms with Crippen molar-refractivity contribution in [1.82, 2.24) is 15.4 Å². The second-order valence-electron chi connectivity index (χ2n) is 3.24. The first-order chi connectivity index (χ1) is 6.74. The van der Waals surface area contributed by atoms with Crippen molar-refractivity contribution in [3.05, 3.63) is 24.3 Å². The number of hydrogen-bond donors (Lipinski definition) is 2. The molecule has 5 nitrogen and oxygen atoms in total. The summed E-state index contributed by atoms with van der Waals surface area (Å²) in [5, 5.41) is 0. The summed E-state index contributed by atoms with van der Waals surface area (Å²) in [4.78, 5) is 7.93. The van der Waals surface area contributed by atoms with E-state index in [9.17, 15) is 0 Å². The Morgan fingerprint density at radius 3 is 2.86 bits per heavy atom. The summed E-state index contributed by atoms with van der Waals surface area (Å²) in [6, 6.07) is 1.73. The molecule has 5 heteroatoms. The zero-order valence-electron chi connectivity index (χ0n) is 8.47. The van der Waals surface area contributed by atoms with E-state index in [4.69, 9.17) is 10.6 Å². The van der Waals surface area contributed by atoms with Crippen LogP contribution >= 0.6 is 0 Å². The van der Waals surface area contributed by atoms with Gasteiger partial charge in [-0.15, -0.1) is 0 Å². The molecule has 0 saturated heterocycles. The van der Waals surface area contributed by atoms with Crippen molar-refractivity contribution < 1.29 is 4.74 Å². The van der Waals surface area contributed by atoms with E-state index in [0.717, 1.165) is 5.69 Å². The highest BCUT2D eigenvalue weighted by Gasteiger charge is 2.11. The fraction of sp³-hybridized carbons (Fsp3) is 0.556. The second-order valence-corrected chi connectivity index (χ2v) is 3.24. The molecule has 1 aromatic rings. The molecule has 0 amide bonds. The van der Waals surface area contributed by atoms with Gasteiger partial charge in [-0.3, -0.25) is 5.84 Å². The average molecular weight is 196 g/mol. The zero-order valence-corrected chi connectivity index (χ0v) is 8.47. The van der Waals surface area contributed by atoms with E-state index in [-0.39, 0.29) is 12.1 Å². The van der Waals surface area contributed by atoms with Crippen LogP contribution in [-0.2, 0) is 4.74 Å². The fourth-order valence-corrected chi connectivity index (χ4v) is 1.01. The van der Waals surface area contributed by atoms with Gasteiger partial charge in [0.2, 0.25) is 0 Å². The molecule has 0 fully saturated rings. The third kappa shape index (κ3) is 3.37. The van der Waals surface area contributed by atoms with Gasteiger partial charge in [-0.05, 0) is 19.9 Å². The van der Waals surface area contributed by atoms with Crippen molar-refractivity contribution in [2.24, 2.45) is 5.84 Å². The fourth-order valence-electron chi connectivity index (χ4n) is 1.01. The largest absolute Gasteiger partial charge is 0.377 e. The van der Waals surface area contributed by atoms with Gasteiger partial charge in [-0.2, -0.15) is 0 Å². The molecule has 0 aliphatic heterocycles. The Bertz CT molecular complexity index is 252. The topological polar surface area (TPSA) is 73.1 Å². The Morgan fingerprint density at radius 1 is 1.57 bits per heavy atom. The average Bonchev–Trinajstić information content (AvgIpc) is 2.20. The van der Waals surface area contributed by atoms with Crippen molar-refractivity contribution >= 4 is 0 Å². The SMILES string of the molecule is CC(C)OCC(NN)c1ccncn1. The molecule has 1 unspecified atom stereocenters. The second kappa shape index (κ2) is 5.64. The van der Waals surface area contributed by atoms with E-state index in [1.165, 1.54) is 6.33 Å². The number of aromatic nitrogens is 2. The first-order valence-electron chi connectivity index (χ1n) is 4.57. The predicted molar refractivity (Wildman–Crippen MR) is 53.2 cm³/mol. The number of ether oxygens (including phenoxy) is 1. The summed E-state index contributed by atoms with van der Waals surface area (Å²) >= 11 is 0. The van der Waals surface area contributed by atoms with Crippen LogP contribution in [0.15, 0.2) is 18.6 Å². The molecule has 0 aliphatic carbocycles. The Hall–Kier alpha value is -1.04. The van der Waals surface area contributed by atoms with Crippen molar-refractivity contribution in [2.45, 2.75) is 26.0 Å². The molecule has 0 aliphatic rings. The van der Waals surface area contributed by atoms with E-state index in [0.29, 0.717) is 6.61 Å². The Kier molecular flexibility index (Phi) is 4.45. The minimum absolute atomic E-state index is 0.0830. The lowest BCUT2D eigenvalue weighted by Gasteiger charge is -2.16. The van der Waals surface area contributed by atoms with Gasteiger partial charge in [0.05, 0.1) is 24.4 Å². The van der Waals surface area contributed by atoms with E-state index in [2.05, 4.69) is 15.4 Å². The van der Waals surface area contributed by atoms with Gasteiger partial charge in [0.15, 0.2) is 0 Å². The molecule has 0 saturated carbocycles. The minimum atomic E-state index is -0.0830. The maximum absolute atomic E-state index is 5.45. The summed E-state index contributed by atoms with van der Waals surface area (Å²) in [6.45, 7) is 4.46. The summed E-state index contributed by atoms with van der Waals surface area (Å²) < 4.78 is 5.45. The first kappa shape index (κ1) is 11.0. The molecule has 0 aromatic carbocycles. The van der Waals surface area contributed by atoms with E-state index < -0.39 is 0 Å². The quantitative estimate of drug-likeness (QED) is 0.527. The predicted octanol–water partition coefficient (Wildman–Crippen LogP) is 0.406. The Morgan fingerprint density at radius 2 is 2.36 bits per heavy atom. The van der Waals surface area contributed by atoms with Crippen LogP contribution in [0.4, 0.5) is 0 Å². The highest BCUT2D eigenvalue weighted by Crippen LogP contribution is 2.08. The van der Waals surface area contributed by atoms with E-state index in [1.54, 1.807) is 6.20 Å². The molecule has 1 aromatic heterocycles. The van der Waals surface area contributed by atoms with Crippen molar-refractivity contribution in [3.8, 4) is 0 Å². The highest BCUT2D eigenvalue weighted by atomic mass is 16.5. The molecule has 78 valence electrons. The monoisotopic (exact) mass is 196 g/mol. The van der Waals surface area contributed by atoms with Gasteiger partial charge in [-0.1, -0.05) is 0 Å². The van der Waals surface area contributed by atoms with Crippen molar-refractivity contribution in [2.75, 3.05) is 6.61 Å². The van der Waals surface area contributed by atoms with Crippen molar-refractivity contribution in [1.29, 1.82) is 0 Å². The van der Waals surface area contributed by atoms with E-state index in [1.807, 2.05) is 19.9 Å². The Balaban J connectivity index is 2.54. The normalized spacial score (nSPS) is 13.1. The number of rotatable bonds is 5. The molecule has 0 bridgehead atoms. The number of nitrogens with one attached hydrogen (secondary N) is 1. The molecule has 0 radical (unpaired) electrons. The van der Waals surface area contributed by atoms with Gasteiger partial charge >= 0.3 is 0 Å². The highest BCUT2D eigenvalue weighted by molar-refractivity contribution is 5.04. The molecule has 1 rings (SSSR count). The smallest absolute Gasteiger partial charge is 0.115 e. The zero-order chi connectivity index (χ0) is 10.4. The van der Waals surface area contributed by atoms with Crippen LogP contribution in [0, 0.1) is 0 Å². The van der Waals surface area contributed by atoms with Crippen LogP contribution in [0.3, 0.4) is 0 Å². The van der Waals surface area contributed by atoms with Crippen LogP contribution in [-0.4, -0.2) is 22.7 Å². The summed E-state index contributed by atoms with van der Waals surface area (Å²) in [5.41, 5.74) is 3.49. The third-order valence-corrected chi connectivity index (χ3v) is 1.76. The lowest BCUT2D eigenvalue weighted by molar-refractivity contribution is 0.0603. The summed E-state index contributed by atoms with van der Waals surface area (Å²) in [5.74, 6) is 5.40. The van der Waals surface area contributed by atoms with Gasteiger partial charge in [0, 0.05) is 6.20 Å². The minimum Gasteiger partial charge on any atom is -0.377 e. The number of nitrogens with zero attached hydrogens (tertiary/aromatic N) is 2. The van der Waals surface area contributed by atoms with Crippen LogP contribution in [0.2, 0.25) is 0 Å². The van der Waals surface area contributed by atoms with Gasteiger partial charge in [0.25, 0.3) is 0 Å². The van der Waals surface area contributed by atoms with Gasteiger partial charge in [0.1, 0.15) is 6.33 Å². The van der Waals surface area contributed by atoms with Crippen LogP contribution in [0.5, 0.6) is 0 Å². The summed E-state index contributed by atoms with van der Waals surface area (Å²) in [6.07, 6.45) is 3.37. The van der Waals surface area contributed by atoms with Gasteiger partial charge < -0.3 is 4.74 Å². The standard InChI is InChI=1S/C9H16N4O/c1-7(2)14-5-9(13-10)8-3-4-11-6-12-8/h3-4,6-7,9,13H,5,10H2,1-2H3. The molecular weight excluding hydrogens is 180 g/mol. The molecular formula is C9H16N4O. The van der Waals surface area contributed by atoms with Crippen LogP contribution in [0.25, 0.3) is 0 Å². The molecule has 0 spiro atoms. The van der Waals surface area contributed by atoms with Crippen LogP contribution < -0.4 is 11.3 Å². The molecule has 14 heavy (non-hydrogen) atoms. The lowest BCUT2D eigenvalue weighted by Crippen LogP contribution is -2.32. The maximum Gasteiger partial charge on any atom is 0.115 e. The van der Waals surface area contributed by atoms with Gasteiger partial charge in [-0.25, -0.2) is 15.4 Å². The first-order valence-corrected chi connectivity index (χ1v) is 4.57. The molecule has 1 heterocycles. The number of hydrogen-bond acceptors (Lipinski definition) is 5. The number of nitrogens with two attached hydrogens (primary N) is 1. The molecule has 3 N–H and O–H groups in total. The van der Waals surface area contributed by atoms with Crippen LogP contribution in [0.1, 0.15) is 25.6 Å².